The second-order valence-electron chi connectivity index (χ2n) is 6.26. The standard InChI is InChI=1S/C17H20N4O2/c1-17(2,3)14-13(21-10-6-9-18-16(21)20-14)11-7-8-12(22-4)19-15(11)23-5/h6-10H,1-5H3. The molecule has 0 saturated carbocycles. The summed E-state index contributed by atoms with van der Waals surface area (Å²) in [6.07, 6.45) is 3.69. The van der Waals surface area contributed by atoms with Crippen LogP contribution < -0.4 is 9.47 Å². The van der Waals surface area contributed by atoms with E-state index in [1.54, 1.807) is 20.4 Å². The Morgan fingerprint density at radius 3 is 2.48 bits per heavy atom. The molecule has 0 saturated heterocycles. The molecule has 0 fully saturated rings. The average molecular weight is 312 g/mol. The number of hydrogen-bond acceptors (Lipinski definition) is 5. The molecule has 0 aliphatic rings. The molecule has 0 atom stereocenters. The van der Waals surface area contributed by atoms with Gasteiger partial charge in [0, 0.05) is 23.9 Å². The van der Waals surface area contributed by atoms with Gasteiger partial charge in [-0.25, -0.2) is 9.97 Å². The average Bonchev–Trinajstić information content (AvgIpc) is 2.93. The first-order valence-corrected chi connectivity index (χ1v) is 7.38. The van der Waals surface area contributed by atoms with Crippen LogP contribution in [0.5, 0.6) is 11.8 Å². The molecule has 0 N–H and O–H groups in total. The summed E-state index contributed by atoms with van der Waals surface area (Å²) in [5.74, 6) is 1.67. The van der Waals surface area contributed by atoms with E-state index in [1.807, 2.05) is 28.8 Å². The van der Waals surface area contributed by atoms with Gasteiger partial charge in [0.15, 0.2) is 0 Å². The van der Waals surface area contributed by atoms with E-state index in [2.05, 4.69) is 30.7 Å². The monoisotopic (exact) mass is 312 g/mol. The van der Waals surface area contributed by atoms with Gasteiger partial charge in [-0.3, -0.25) is 4.40 Å². The van der Waals surface area contributed by atoms with Crippen LogP contribution in [0.2, 0.25) is 0 Å². The molecule has 3 aromatic heterocycles. The summed E-state index contributed by atoms with van der Waals surface area (Å²) in [5.41, 5.74) is 2.60. The molecule has 0 spiro atoms. The largest absolute Gasteiger partial charge is 0.481 e. The minimum absolute atomic E-state index is 0.145. The Morgan fingerprint density at radius 1 is 1.04 bits per heavy atom. The summed E-state index contributed by atoms with van der Waals surface area (Å²) in [6, 6.07) is 5.64. The molecule has 6 heteroatoms. The summed E-state index contributed by atoms with van der Waals surface area (Å²) in [5, 5.41) is 0. The molecule has 6 nitrogen and oxygen atoms in total. The van der Waals surface area contributed by atoms with Gasteiger partial charge in [0.1, 0.15) is 0 Å². The number of pyridine rings is 1. The quantitative estimate of drug-likeness (QED) is 0.743. The van der Waals surface area contributed by atoms with E-state index in [-0.39, 0.29) is 5.41 Å². The fraction of sp³-hybridized carbons (Fsp3) is 0.353. The summed E-state index contributed by atoms with van der Waals surface area (Å²) >= 11 is 0. The Hall–Kier alpha value is -2.63. The van der Waals surface area contributed by atoms with Crippen molar-refractivity contribution in [2.75, 3.05) is 14.2 Å². The molecule has 0 bridgehead atoms. The lowest BCUT2D eigenvalue weighted by molar-refractivity contribution is 0.365. The van der Waals surface area contributed by atoms with Gasteiger partial charge >= 0.3 is 0 Å². The molecule has 23 heavy (non-hydrogen) atoms. The molecule has 0 radical (unpaired) electrons. The van der Waals surface area contributed by atoms with E-state index < -0.39 is 0 Å². The zero-order valence-electron chi connectivity index (χ0n) is 14.0. The fourth-order valence-electron chi connectivity index (χ4n) is 2.54. The number of aromatic nitrogens is 4. The normalized spacial score (nSPS) is 11.7. The number of hydrogen-bond donors (Lipinski definition) is 0. The van der Waals surface area contributed by atoms with Gasteiger partial charge in [-0.2, -0.15) is 4.98 Å². The molecule has 0 aliphatic heterocycles. The lowest BCUT2D eigenvalue weighted by Gasteiger charge is -2.19. The maximum absolute atomic E-state index is 5.48. The van der Waals surface area contributed by atoms with Gasteiger partial charge in [0.2, 0.25) is 17.5 Å². The smallest absolute Gasteiger partial charge is 0.234 e. The van der Waals surface area contributed by atoms with Gasteiger partial charge < -0.3 is 9.47 Å². The Balaban J connectivity index is 2.35. The van der Waals surface area contributed by atoms with Gasteiger partial charge in [-0.15, -0.1) is 0 Å². The molecular formula is C17H20N4O2. The molecular weight excluding hydrogens is 292 g/mol. The van der Waals surface area contributed by atoms with Crippen molar-refractivity contribution >= 4 is 5.78 Å². The number of rotatable bonds is 3. The highest BCUT2D eigenvalue weighted by atomic mass is 16.5. The molecule has 0 amide bonds. The van der Waals surface area contributed by atoms with Crippen molar-refractivity contribution in [3.05, 3.63) is 36.3 Å². The van der Waals surface area contributed by atoms with Crippen LogP contribution in [-0.4, -0.2) is 33.6 Å². The van der Waals surface area contributed by atoms with Crippen molar-refractivity contribution in [3.63, 3.8) is 0 Å². The van der Waals surface area contributed by atoms with Crippen molar-refractivity contribution in [2.45, 2.75) is 26.2 Å². The predicted molar refractivity (Wildman–Crippen MR) is 88.0 cm³/mol. The van der Waals surface area contributed by atoms with Crippen molar-refractivity contribution in [3.8, 4) is 23.0 Å². The minimum atomic E-state index is -0.145. The first-order valence-electron chi connectivity index (χ1n) is 7.38. The molecule has 3 aromatic rings. The highest BCUT2D eigenvalue weighted by Crippen LogP contribution is 2.37. The first kappa shape index (κ1) is 15.3. The van der Waals surface area contributed by atoms with E-state index in [4.69, 9.17) is 14.5 Å². The van der Waals surface area contributed by atoms with Crippen molar-refractivity contribution in [2.24, 2.45) is 0 Å². The fourth-order valence-corrected chi connectivity index (χ4v) is 2.54. The zero-order chi connectivity index (χ0) is 16.6. The summed E-state index contributed by atoms with van der Waals surface area (Å²) in [6.45, 7) is 6.38. The molecule has 120 valence electrons. The van der Waals surface area contributed by atoms with Crippen LogP contribution in [0.1, 0.15) is 26.5 Å². The van der Waals surface area contributed by atoms with Crippen LogP contribution in [0.4, 0.5) is 0 Å². The van der Waals surface area contributed by atoms with Crippen molar-refractivity contribution in [1.29, 1.82) is 0 Å². The number of methoxy groups -OCH3 is 2. The zero-order valence-corrected chi connectivity index (χ0v) is 14.0. The molecule has 0 aliphatic carbocycles. The van der Waals surface area contributed by atoms with Crippen LogP contribution in [0, 0.1) is 0 Å². The van der Waals surface area contributed by atoms with E-state index >= 15 is 0 Å². The Morgan fingerprint density at radius 2 is 1.83 bits per heavy atom. The third-order valence-corrected chi connectivity index (χ3v) is 3.61. The maximum Gasteiger partial charge on any atom is 0.234 e. The van der Waals surface area contributed by atoms with Crippen molar-refractivity contribution < 1.29 is 9.47 Å². The van der Waals surface area contributed by atoms with E-state index in [0.717, 1.165) is 17.0 Å². The van der Waals surface area contributed by atoms with E-state index in [1.165, 1.54) is 0 Å². The summed E-state index contributed by atoms with van der Waals surface area (Å²) in [7, 11) is 3.18. The lowest BCUT2D eigenvalue weighted by atomic mass is 9.89. The second-order valence-corrected chi connectivity index (χ2v) is 6.26. The van der Waals surface area contributed by atoms with Crippen LogP contribution >= 0.6 is 0 Å². The number of imidazole rings is 1. The summed E-state index contributed by atoms with van der Waals surface area (Å²) in [4.78, 5) is 13.5. The SMILES string of the molecule is COc1ccc(-c2c(C(C)(C)C)nc3ncccn23)c(OC)n1. The predicted octanol–water partition coefficient (Wildman–Crippen LogP) is 3.11. The molecule has 0 aromatic carbocycles. The lowest BCUT2D eigenvalue weighted by Crippen LogP contribution is -2.13. The number of nitrogens with zero attached hydrogens (tertiary/aromatic N) is 4. The van der Waals surface area contributed by atoms with E-state index in [9.17, 15) is 0 Å². The van der Waals surface area contributed by atoms with Crippen LogP contribution in [0.25, 0.3) is 17.0 Å². The number of fused-ring (bicyclic) bond motifs is 1. The molecule has 3 rings (SSSR count). The van der Waals surface area contributed by atoms with Crippen LogP contribution in [0.15, 0.2) is 30.6 Å². The van der Waals surface area contributed by atoms with Gasteiger partial charge in [-0.1, -0.05) is 20.8 Å². The third kappa shape index (κ3) is 2.60. The highest BCUT2D eigenvalue weighted by molar-refractivity contribution is 5.72. The van der Waals surface area contributed by atoms with Gasteiger partial charge in [0.05, 0.1) is 31.2 Å². The van der Waals surface area contributed by atoms with E-state index in [0.29, 0.717) is 17.5 Å². The molecule has 3 heterocycles. The minimum Gasteiger partial charge on any atom is -0.481 e. The van der Waals surface area contributed by atoms with Crippen LogP contribution in [0.3, 0.4) is 0 Å². The van der Waals surface area contributed by atoms with Crippen molar-refractivity contribution in [1.82, 2.24) is 19.4 Å². The third-order valence-electron chi connectivity index (χ3n) is 3.61. The molecule has 0 unspecified atom stereocenters. The van der Waals surface area contributed by atoms with Gasteiger partial charge in [-0.05, 0) is 12.1 Å². The van der Waals surface area contributed by atoms with Gasteiger partial charge in [0.25, 0.3) is 0 Å². The Bertz CT molecular complexity index is 849. The number of ether oxygens (including phenoxy) is 2. The second kappa shape index (κ2) is 5.53. The summed E-state index contributed by atoms with van der Waals surface area (Å²) < 4.78 is 12.6. The maximum atomic E-state index is 5.48. The Labute approximate surface area is 135 Å². The first-order chi connectivity index (χ1) is 11.0. The highest BCUT2D eigenvalue weighted by Gasteiger charge is 2.27. The topological polar surface area (TPSA) is 61.5 Å². The van der Waals surface area contributed by atoms with Crippen LogP contribution in [-0.2, 0) is 5.41 Å². The Kier molecular flexibility index (Phi) is 3.67.